The average Bonchev–Trinajstić information content (AvgIpc) is 3.22. The maximum atomic E-state index is 12.9. The summed E-state index contributed by atoms with van der Waals surface area (Å²) >= 11 is 0. The molecule has 1 atom stereocenters. The van der Waals surface area contributed by atoms with E-state index in [2.05, 4.69) is 37.7 Å². The maximum Gasteiger partial charge on any atom is 0.431 e. The molecule has 1 fully saturated rings. The maximum absolute atomic E-state index is 12.9. The lowest BCUT2D eigenvalue weighted by atomic mass is 9.88. The number of aromatic amines is 1. The van der Waals surface area contributed by atoms with E-state index < -0.39 is 11.9 Å². The Morgan fingerprint density at radius 1 is 1.10 bits per heavy atom. The van der Waals surface area contributed by atoms with E-state index in [4.69, 9.17) is 4.74 Å². The normalized spacial score (nSPS) is 19.0. The molecule has 3 aromatic rings. The van der Waals surface area contributed by atoms with Gasteiger partial charge >= 0.3 is 6.18 Å². The van der Waals surface area contributed by atoms with Crippen LogP contribution in [0.4, 0.5) is 19.0 Å². The van der Waals surface area contributed by atoms with Crippen LogP contribution in [0.2, 0.25) is 0 Å². The standard InChI is InChI=1S/C17H15F3N4.C4H9NO/c18-17(19,20)14-8-12-15(21-9-22-16(12)24-14)23-13-7-3-5-10-4-1-2-6-11(10)13;1-3-6-4-2-5-1/h1-2,4,6,8-9,13H,3,5,7H2,(H2,21,22,23,24);5H,1-4H2. The van der Waals surface area contributed by atoms with Crippen molar-refractivity contribution in [2.75, 3.05) is 31.6 Å². The second kappa shape index (κ2) is 9.01. The molecule has 0 bridgehead atoms. The van der Waals surface area contributed by atoms with Crippen LogP contribution < -0.4 is 10.6 Å². The van der Waals surface area contributed by atoms with E-state index in [1.54, 1.807) is 0 Å². The van der Waals surface area contributed by atoms with E-state index >= 15 is 0 Å². The number of fused-ring (bicyclic) bond motifs is 2. The number of rotatable bonds is 2. The van der Waals surface area contributed by atoms with Crippen LogP contribution in [-0.2, 0) is 17.3 Å². The lowest BCUT2D eigenvalue weighted by Gasteiger charge is -2.26. The van der Waals surface area contributed by atoms with Crippen LogP contribution in [0.15, 0.2) is 36.7 Å². The summed E-state index contributed by atoms with van der Waals surface area (Å²) in [6.07, 6.45) is -0.190. The highest BCUT2D eigenvalue weighted by Gasteiger charge is 2.33. The van der Waals surface area contributed by atoms with Crippen molar-refractivity contribution in [2.24, 2.45) is 0 Å². The van der Waals surface area contributed by atoms with Gasteiger partial charge in [0.1, 0.15) is 23.5 Å². The molecule has 0 amide bonds. The Bertz CT molecular complexity index is 973. The van der Waals surface area contributed by atoms with Crippen molar-refractivity contribution in [3.63, 3.8) is 0 Å². The van der Waals surface area contributed by atoms with Gasteiger partial charge in [-0.2, -0.15) is 13.2 Å². The number of nitrogens with one attached hydrogen (secondary N) is 3. The minimum atomic E-state index is -4.44. The van der Waals surface area contributed by atoms with Gasteiger partial charge in [0.2, 0.25) is 0 Å². The molecule has 3 heterocycles. The lowest BCUT2D eigenvalue weighted by molar-refractivity contribution is -0.140. The number of aromatic nitrogens is 3. The molecule has 6 nitrogen and oxygen atoms in total. The smallest absolute Gasteiger partial charge is 0.379 e. The SMILES string of the molecule is C1COCCN1.FC(F)(F)c1cc2c(NC3CCCc4ccccc43)ncnc2[nH]1. The molecule has 1 aromatic carbocycles. The van der Waals surface area contributed by atoms with Crippen molar-refractivity contribution in [1.29, 1.82) is 0 Å². The largest absolute Gasteiger partial charge is 0.431 e. The molecule has 2 aliphatic rings. The Hall–Kier alpha value is -2.65. The van der Waals surface area contributed by atoms with Crippen LogP contribution in [0.1, 0.15) is 35.7 Å². The summed E-state index contributed by atoms with van der Waals surface area (Å²) in [7, 11) is 0. The fourth-order valence-electron chi connectivity index (χ4n) is 3.79. The molecule has 0 spiro atoms. The third-order valence-corrected chi connectivity index (χ3v) is 5.26. The van der Waals surface area contributed by atoms with Gasteiger partial charge in [0.15, 0.2) is 0 Å². The fourth-order valence-corrected chi connectivity index (χ4v) is 3.79. The Morgan fingerprint density at radius 3 is 2.60 bits per heavy atom. The van der Waals surface area contributed by atoms with Crippen LogP contribution in [0.3, 0.4) is 0 Å². The highest BCUT2D eigenvalue weighted by atomic mass is 19.4. The van der Waals surface area contributed by atoms with Crippen molar-refractivity contribution < 1.29 is 17.9 Å². The minimum Gasteiger partial charge on any atom is -0.379 e. The Kier molecular flexibility index (Phi) is 6.19. The molecule has 2 aromatic heterocycles. The highest BCUT2D eigenvalue weighted by molar-refractivity contribution is 5.88. The number of hydrogen-bond donors (Lipinski definition) is 3. The summed E-state index contributed by atoms with van der Waals surface area (Å²) in [6.45, 7) is 3.83. The Labute approximate surface area is 172 Å². The van der Waals surface area contributed by atoms with Gasteiger partial charge in [-0.3, -0.25) is 0 Å². The molecular formula is C21H24F3N5O. The van der Waals surface area contributed by atoms with Gasteiger partial charge in [-0.1, -0.05) is 24.3 Å². The monoisotopic (exact) mass is 419 g/mol. The fraction of sp³-hybridized carbons (Fsp3) is 0.429. The molecular weight excluding hydrogens is 395 g/mol. The predicted octanol–water partition coefficient (Wildman–Crippen LogP) is 4.07. The predicted molar refractivity (Wildman–Crippen MR) is 108 cm³/mol. The molecule has 160 valence electrons. The van der Waals surface area contributed by atoms with Crippen molar-refractivity contribution in [1.82, 2.24) is 20.3 Å². The number of H-pyrrole nitrogens is 1. The first-order valence-electron chi connectivity index (χ1n) is 10.1. The molecule has 1 aliphatic heterocycles. The number of alkyl halides is 3. The van der Waals surface area contributed by atoms with Crippen LogP contribution >= 0.6 is 0 Å². The van der Waals surface area contributed by atoms with Gasteiger partial charge in [-0.05, 0) is 36.5 Å². The van der Waals surface area contributed by atoms with E-state index in [0.29, 0.717) is 11.2 Å². The second-order valence-corrected chi connectivity index (χ2v) is 7.32. The molecule has 30 heavy (non-hydrogen) atoms. The van der Waals surface area contributed by atoms with Gasteiger partial charge in [0.25, 0.3) is 0 Å². The van der Waals surface area contributed by atoms with E-state index in [9.17, 15) is 13.2 Å². The molecule has 1 unspecified atom stereocenters. The quantitative estimate of drug-likeness (QED) is 0.584. The zero-order chi connectivity index (χ0) is 21.0. The topological polar surface area (TPSA) is 74.9 Å². The number of nitrogens with zero attached hydrogens (tertiary/aromatic N) is 2. The molecule has 0 radical (unpaired) electrons. The highest BCUT2D eigenvalue weighted by Crippen LogP contribution is 2.35. The number of anilines is 1. The summed E-state index contributed by atoms with van der Waals surface area (Å²) in [6, 6.07) is 9.24. The van der Waals surface area contributed by atoms with Crippen LogP contribution in [0.25, 0.3) is 11.0 Å². The van der Waals surface area contributed by atoms with Gasteiger partial charge in [-0.25, -0.2) is 9.97 Å². The van der Waals surface area contributed by atoms with E-state index in [1.807, 2.05) is 12.1 Å². The molecule has 3 N–H and O–H groups in total. The molecule has 0 saturated carbocycles. The minimum absolute atomic E-state index is 0.0392. The second-order valence-electron chi connectivity index (χ2n) is 7.32. The summed E-state index contributed by atoms with van der Waals surface area (Å²) < 4.78 is 43.7. The van der Waals surface area contributed by atoms with Gasteiger partial charge in [0, 0.05) is 13.1 Å². The number of morpholine rings is 1. The summed E-state index contributed by atoms with van der Waals surface area (Å²) in [5.41, 5.74) is 1.83. The van der Waals surface area contributed by atoms with E-state index in [-0.39, 0.29) is 11.7 Å². The first kappa shape index (κ1) is 20.6. The molecule has 9 heteroatoms. The summed E-state index contributed by atoms with van der Waals surface area (Å²) in [5.74, 6) is 0.424. The van der Waals surface area contributed by atoms with Gasteiger partial charge in [0.05, 0.1) is 24.6 Å². The number of hydrogen-bond acceptors (Lipinski definition) is 5. The third kappa shape index (κ3) is 4.73. The van der Waals surface area contributed by atoms with Crippen LogP contribution in [0.5, 0.6) is 0 Å². The van der Waals surface area contributed by atoms with Crippen molar-refractivity contribution in [3.05, 3.63) is 53.5 Å². The third-order valence-electron chi connectivity index (χ3n) is 5.26. The summed E-state index contributed by atoms with van der Waals surface area (Å²) in [4.78, 5) is 10.4. The van der Waals surface area contributed by atoms with Crippen LogP contribution in [0, 0.1) is 0 Å². The molecule has 1 saturated heterocycles. The van der Waals surface area contributed by atoms with Crippen molar-refractivity contribution >= 4 is 16.9 Å². The van der Waals surface area contributed by atoms with E-state index in [1.165, 1.54) is 17.5 Å². The van der Waals surface area contributed by atoms with Crippen LogP contribution in [-0.4, -0.2) is 41.3 Å². The zero-order valence-corrected chi connectivity index (χ0v) is 16.4. The number of halogens is 3. The Morgan fingerprint density at radius 2 is 1.90 bits per heavy atom. The van der Waals surface area contributed by atoms with Crippen molar-refractivity contribution in [3.8, 4) is 0 Å². The first-order chi connectivity index (χ1) is 14.5. The average molecular weight is 419 g/mol. The van der Waals surface area contributed by atoms with Gasteiger partial charge in [-0.15, -0.1) is 0 Å². The number of ether oxygens (including phenoxy) is 1. The number of benzene rings is 1. The van der Waals surface area contributed by atoms with Crippen molar-refractivity contribution in [2.45, 2.75) is 31.5 Å². The molecule has 5 rings (SSSR count). The zero-order valence-electron chi connectivity index (χ0n) is 16.4. The number of aryl methyl sites for hydroxylation is 1. The lowest BCUT2D eigenvalue weighted by Crippen LogP contribution is -2.30. The summed E-state index contributed by atoms with van der Waals surface area (Å²) in [5, 5.41) is 6.82. The van der Waals surface area contributed by atoms with E-state index in [0.717, 1.165) is 51.6 Å². The first-order valence-corrected chi connectivity index (χ1v) is 10.1. The Balaban J connectivity index is 0.000000313. The molecule has 1 aliphatic carbocycles. The van der Waals surface area contributed by atoms with Gasteiger partial charge < -0.3 is 20.4 Å².